The van der Waals surface area contributed by atoms with E-state index in [1.807, 2.05) is 0 Å². The van der Waals surface area contributed by atoms with Gasteiger partial charge in [-0.3, -0.25) is 4.90 Å². The summed E-state index contributed by atoms with van der Waals surface area (Å²) in [7, 11) is 3.06. The lowest BCUT2D eigenvalue weighted by Crippen LogP contribution is -2.35. The van der Waals surface area contributed by atoms with Gasteiger partial charge in [0.25, 0.3) is 0 Å². The third-order valence-electron chi connectivity index (χ3n) is 4.46. The first-order chi connectivity index (χ1) is 15.6. The van der Waals surface area contributed by atoms with Crippen LogP contribution in [0.2, 0.25) is 0 Å². The van der Waals surface area contributed by atoms with Crippen LogP contribution in [0.5, 0.6) is 5.88 Å². The number of nitrogens with one attached hydrogen (secondary N) is 1. The van der Waals surface area contributed by atoms with E-state index in [0.29, 0.717) is 28.9 Å². The Hall–Kier alpha value is -3.89. The number of carbonyl (C=O) groups is 2. The predicted molar refractivity (Wildman–Crippen MR) is 122 cm³/mol. The molecule has 3 rings (SSSR count). The van der Waals surface area contributed by atoms with Crippen LogP contribution in [-0.2, 0) is 9.47 Å². The van der Waals surface area contributed by atoms with Crippen molar-refractivity contribution in [1.82, 2.24) is 19.6 Å². The molecule has 1 N–H and O–H groups in total. The van der Waals surface area contributed by atoms with Crippen LogP contribution in [0.4, 0.5) is 22.1 Å². The van der Waals surface area contributed by atoms with Crippen molar-refractivity contribution >= 4 is 35.0 Å². The van der Waals surface area contributed by atoms with Crippen LogP contribution < -0.4 is 15.0 Å². The molecule has 0 aromatic carbocycles. The van der Waals surface area contributed by atoms with Crippen molar-refractivity contribution in [1.29, 1.82) is 0 Å². The minimum atomic E-state index is -0.697. The number of hydrogen-bond donors (Lipinski definition) is 1. The van der Waals surface area contributed by atoms with E-state index in [4.69, 9.17) is 14.2 Å². The number of pyridine rings is 1. The number of esters is 1. The monoisotopic (exact) mass is 456 g/mol. The van der Waals surface area contributed by atoms with Gasteiger partial charge in [-0.25, -0.2) is 19.6 Å². The highest BCUT2D eigenvalue weighted by Crippen LogP contribution is 2.29. The first-order valence-corrected chi connectivity index (χ1v) is 10.4. The van der Waals surface area contributed by atoms with Crippen LogP contribution in [-0.4, -0.2) is 58.0 Å². The molecule has 3 heterocycles. The van der Waals surface area contributed by atoms with E-state index in [2.05, 4.69) is 20.4 Å². The van der Waals surface area contributed by atoms with Crippen molar-refractivity contribution in [3.05, 3.63) is 35.7 Å². The summed E-state index contributed by atoms with van der Waals surface area (Å²) < 4.78 is 17.4. The normalized spacial score (nSPS) is 11.2. The second kappa shape index (κ2) is 9.31. The Labute approximate surface area is 191 Å². The molecule has 11 nitrogen and oxygen atoms in total. The van der Waals surface area contributed by atoms with E-state index in [1.165, 1.54) is 16.5 Å². The number of fused-ring (bicyclic) bond motifs is 1. The number of hydrogen-bond acceptors (Lipinski definition) is 9. The molecule has 0 radical (unpaired) electrons. The van der Waals surface area contributed by atoms with E-state index in [0.717, 1.165) is 0 Å². The molecular formula is C22H28N6O5. The Morgan fingerprint density at radius 1 is 1.27 bits per heavy atom. The number of amides is 1. The van der Waals surface area contributed by atoms with Crippen molar-refractivity contribution in [2.75, 3.05) is 31.0 Å². The molecule has 1 amide bonds. The fourth-order valence-electron chi connectivity index (χ4n) is 3.06. The van der Waals surface area contributed by atoms with Gasteiger partial charge in [-0.15, -0.1) is 0 Å². The van der Waals surface area contributed by atoms with Crippen LogP contribution in [0.3, 0.4) is 0 Å². The van der Waals surface area contributed by atoms with Crippen LogP contribution >= 0.6 is 0 Å². The van der Waals surface area contributed by atoms with E-state index >= 15 is 0 Å². The maximum absolute atomic E-state index is 12.8. The molecule has 0 aliphatic rings. The molecule has 0 atom stereocenters. The average molecular weight is 457 g/mol. The third kappa shape index (κ3) is 5.13. The fourth-order valence-corrected chi connectivity index (χ4v) is 3.06. The molecule has 0 spiro atoms. The minimum Gasteiger partial charge on any atom is -0.480 e. The summed E-state index contributed by atoms with van der Waals surface area (Å²) in [6, 6.07) is 5.12. The first-order valence-electron chi connectivity index (χ1n) is 10.4. The Kier molecular flexibility index (Phi) is 6.70. The molecule has 0 fully saturated rings. The van der Waals surface area contributed by atoms with Crippen molar-refractivity contribution in [3.63, 3.8) is 0 Å². The summed E-state index contributed by atoms with van der Waals surface area (Å²) in [5, 5.41) is 7.57. The number of aryl methyl sites for hydroxylation is 1. The minimum absolute atomic E-state index is 0.200. The first kappa shape index (κ1) is 23.8. The van der Waals surface area contributed by atoms with Crippen molar-refractivity contribution in [3.8, 4) is 5.88 Å². The number of rotatable bonds is 6. The van der Waals surface area contributed by atoms with Crippen LogP contribution in [0.1, 0.15) is 43.7 Å². The van der Waals surface area contributed by atoms with E-state index in [1.54, 1.807) is 66.1 Å². The maximum atomic E-state index is 12.8. The molecule has 0 aliphatic carbocycles. The molecule has 0 unspecified atom stereocenters. The van der Waals surface area contributed by atoms with Gasteiger partial charge in [0.15, 0.2) is 5.65 Å². The summed E-state index contributed by atoms with van der Waals surface area (Å²) in [5.74, 6) is 0.471. The summed E-state index contributed by atoms with van der Waals surface area (Å²) in [5.41, 5.74) is 0.701. The van der Waals surface area contributed by atoms with E-state index in [-0.39, 0.29) is 17.8 Å². The van der Waals surface area contributed by atoms with E-state index < -0.39 is 17.7 Å². The summed E-state index contributed by atoms with van der Waals surface area (Å²) in [4.78, 5) is 35.5. The quantitative estimate of drug-likeness (QED) is 0.553. The van der Waals surface area contributed by atoms with Crippen molar-refractivity contribution in [2.45, 2.75) is 40.2 Å². The molecule has 0 aliphatic heterocycles. The Morgan fingerprint density at radius 3 is 2.64 bits per heavy atom. The van der Waals surface area contributed by atoms with E-state index in [9.17, 15) is 9.59 Å². The van der Waals surface area contributed by atoms with Crippen LogP contribution in [0, 0.1) is 6.92 Å². The molecule has 3 aromatic rings. The fraction of sp³-hybridized carbons (Fsp3) is 0.409. The zero-order valence-corrected chi connectivity index (χ0v) is 19.8. The molecular weight excluding hydrogens is 428 g/mol. The smallest absolute Gasteiger partial charge is 0.415 e. The zero-order valence-electron chi connectivity index (χ0n) is 19.8. The highest BCUT2D eigenvalue weighted by molar-refractivity contribution is 5.98. The van der Waals surface area contributed by atoms with Gasteiger partial charge in [0, 0.05) is 19.3 Å². The van der Waals surface area contributed by atoms with Gasteiger partial charge in [-0.2, -0.15) is 9.61 Å². The molecule has 176 valence electrons. The number of ether oxygens (including phenoxy) is 3. The molecule has 0 bridgehead atoms. The lowest BCUT2D eigenvalue weighted by Gasteiger charge is -2.25. The van der Waals surface area contributed by atoms with Crippen LogP contribution in [0.25, 0.3) is 5.65 Å². The standard InChI is InChI=1S/C22H28N6O5/c1-8-32-20(29)17-13(2)26-28-16(27(6)21(30)33-22(3,4)5)12-15(25-18(17)28)24-14-10-9-11-23-19(14)31-7/h9-12H,8H2,1-7H3,(H,24,25). The average Bonchev–Trinajstić information content (AvgIpc) is 3.07. The molecule has 0 saturated heterocycles. The van der Waals surface area contributed by atoms with Crippen molar-refractivity contribution < 1.29 is 23.8 Å². The summed E-state index contributed by atoms with van der Waals surface area (Å²) in [6.45, 7) is 8.93. The lowest BCUT2D eigenvalue weighted by atomic mass is 10.2. The molecule has 33 heavy (non-hydrogen) atoms. The third-order valence-corrected chi connectivity index (χ3v) is 4.46. The highest BCUT2D eigenvalue weighted by Gasteiger charge is 2.27. The maximum Gasteiger partial charge on any atom is 0.415 e. The number of methoxy groups -OCH3 is 1. The zero-order chi connectivity index (χ0) is 24.3. The topological polar surface area (TPSA) is 120 Å². The summed E-state index contributed by atoms with van der Waals surface area (Å²) >= 11 is 0. The van der Waals surface area contributed by atoms with Gasteiger partial charge in [0.1, 0.15) is 28.5 Å². The summed E-state index contributed by atoms with van der Waals surface area (Å²) in [6.07, 6.45) is 1.01. The lowest BCUT2D eigenvalue weighted by molar-refractivity contribution is 0.0526. The molecule has 3 aromatic heterocycles. The predicted octanol–water partition coefficient (Wildman–Crippen LogP) is 3.73. The number of anilines is 3. The molecule has 0 saturated carbocycles. The van der Waals surface area contributed by atoms with Gasteiger partial charge < -0.3 is 19.5 Å². The van der Waals surface area contributed by atoms with Gasteiger partial charge in [0.2, 0.25) is 5.88 Å². The number of carbonyl (C=O) groups excluding carboxylic acids is 2. The largest absolute Gasteiger partial charge is 0.480 e. The Morgan fingerprint density at radius 2 is 2.00 bits per heavy atom. The SMILES string of the molecule is CCOC(=O)c1c(C)nn2c(N(C)C(=O)OC(C)(C)C)cc(Nc3cccnc3OC)nc12. The van der Waals surface area contributed by atoms with Crippen LogP contribution in [0.15, 0.2) is 24.4 Å². The number of aromatic nitrogens is 4. The van der Waals surface area contributed by atoms with Crippen molar-refractivity contribution in [2.24, 2.45) is 0 Å². The number of nitrogens with zero attached hydrogens (tertiary/aromatic N) is 5. The Balaban J connectivity index is 2.18. The second-order valence-corrected chi connectivity index (χ2v) is 8.14. The van der Waals surface area contributed by atoms with Gasteiger partial charge >= 0.3 is 12.1 Å². The second-order valence-electron chi connectivity index (χ2n) is 8.14. The van der Waals surface area contributed by atoms with Gasteiger partial charge in [-0.05, 0) is 46.8 Å². The highest BCUT2D eigenvalue weighted by atomic mass is 16.6. The van der Waals surface area contributed by atoms with Gasteiger partial charge in [0.05, 0.1) is 19.4 Å². The molecule has 11 heteroatoms. The van der Waals surface area contributed by atoms with Gasteiger partial charge in [-0.1, -0.05) is 0 Å². The Bertz CT molecular complexity index is 1180.